The molecule has 2 aliphatic rings. The molecule has 0 atom stereocenters. The standard InChI is InChI=1S/C23H23NO/c1-2-13-24-14-11-17(12-15-24)23-19-8-4-3-7-18(19)16-22(25)20-9-5-6-10-21(20)23/h2-10H,1,11-16H2. The van der Waals surface area contributed by atoms with E-state index in [1.54, 1.807) is 0 Å². The molecule has 126 valence electrons. The van der Waals surface area contributed by atoms with Gasteiger partial charge in [-0.2, -0.15) is 0 Å². The molecule has 0 aromatic heterocycles. The van der Waals surface area contributed by atoms with E-state index in [0.29, 0.717) is 6.42 Å². The number of rotatable bonds is 2. The number of Topliss-reactive ketones (excluding diaryl/α,β-unsaturated/α-hetero) is 1. The number of benzene rings is 2. The second-order valence-corrected chi connectivity index (χ2v) is 6.87. The first kappa shape index (κ1) is 16.0. The van der Waals surface area contributed by atoms with Crippen molar-refractivity contribution in [2.45, 2.75) is 19.3 Å². The van der Waals surface area contributed by atoms with Crippen LogP contribution < -0.4 is 0 Å². The molecule has 2 aromatic rings. The summed E-state index contributed by atoms with van der Waals surface area (Å²) in [7, 11) is 0. The number of carbonyl (C=O) groups excluding carboxylic acids is 1. The molecular formula is C23H23NO. The third-order valence-electron chi connectivity index (χ3n) is 5.33. The minimum Gasteiger partial charge on any atom is -0.299 e. The van der Waals surface area contributed by atoms with Crippen molar-refractivity contribution < 1.29 is 4.79 Å². The van der Waals surface area contributed by atoms with Crippen LogP contribution in [0.4, 0.5) is 0 Å². The summed E-state index contributed by atoms with van der Waals surface area (Å²) < 4.78 is 0. The predicted octanol–water partition coefficient (Wildman–Crippen LogP) is 4.51. The van der Waals surface area contributed by atoms with Gasteiger partial charge in [-0.25, -0.2) is 0 Å². The van der Waals surface area contributed by atoms with E-state index in [2.05, 4.69) is 35.7 Å². The summed E-state index contributed by atoms with van der Waals surface area (Å²) in [6, 6.07) is 16.5. The van der Waals surface area contributed by atoms with Gasteiger partial charge in [0, 0.05) is 31.6 Å². The molecule has 2 heteroatoms. The molecule has 0 spiro atoms. The molecule has 1 aliphatic carbocycles. The van der Waals surface area contributed by atoms with Gasteiger partial charge in [0.2, 0.25) is 0 Å². The van der Waals surface area contributed by atoms with Crippen molar-refractivity contribution >= 4 is 11.4 Å². The zero-order valence-electron chi connectivity index (χ0n) is 14.5. The first-order valence-corrected chi connectivity index (χ1v) is 9.04. The van der Waals surface area contributed by atoms with Crippen molar-refractivity contribution in [1.82, 2.24) is 4.90 Å². The Bertz CT molecular complexity index is 852. The molecule has 0 saturated carbocycles. The monoisotopic (exact) mass is 329 g/mol. The van der Waals surface area contributed by atoms with Crippen LogP contribution in [0.3, 0.4) is 0 Å². The highest BCUT2D eigenvalue weighted by Gasteiger charge is 2.26. The van der Waals surface area contributed by atoms with Crippen molar-refractivity contribution in [3.63, 3.8) is 0 Å². The first-order valence-electron chi connectivity index (χ1n) is 9.04. The van der Waals surface area contributed by atoms with Crippen LogP contribution in [-0.2, 0) is 6.42 Å². The number of piperidine rings is 1. The fourth-order valence-electron chi connectivity index (χ4n) is 4.09. The Morgan fingerprint density at radius 3 is 2.28 bits per heavy atom. The number of nitrogens with zero attached hydrogens (tertiary/aromatic N) is 1. The zero-order chi connectivity index (χ0) is 17.2. The lowest BCUT2D eigenvalue weighted by Crippen LogP contribution is -2.31. The topological polar surface area (TPSA) is 20.3 Å². The fourth-order valence-corrected chi connectivity index (χ4v) is 4.09. The minimum atomic E-state index is 0.225. The maximum absolute atomic E-state index is 12.8. The Hall–Kier alpha value is -2.45. The van der Waals surface area contributed by atoms with Gasteiger partial charge in [0.25, 0.3) is 0 Å². The van der Waals surface area contributed by atoms with Gasteiger partial charge in [0.05, 0.1) is 0 Å². The van der Waals surface area contributed by atoms with E-state index in [-0.39, 0.29) is 5.78 Å². The van der Waals surface area contributed by atoms with Crippen LogP contribution >= 0.6 is 0 Å². The van der Waals surface area contributed by atoms with Gasteiger partial charge in [-0.05, 0) is 35.1 Å². The molecule has 1 aliphatic heterocycles. The molecule has 0 amide bonds. The van der Waals surface area contributed by atoms with Gasteiger partial charge in [0.1, 0.15) is 0 Å². The van der Waals surface area contributed by atoms with Gasteiger partial charge < -0.3 is 0 Å². The number of fused-ring (bicyclic) bond motifs is 2. The molecule has 0 N–H and O–H groups in total. The summed E-state index contributed by atoms with van der Waals surface area (Å²) in [4.78, 5) is 15.2. The molecule has 0 radical (unpaired) electrons. The molecule has 2 aromatic carbocycles. The normalized spacial score (nSPS) is 17.7. The van der Waals surface area contributed by atoms with Crippen molar-refractivity contribution in [1.29, 1.82) is 0 Å². The third-order valence-corrected chi connectivity index (χ3v) is 5.33. The molecule has 1 saturated heterocycles. The molecule has 1 heterocycles. The third kappa shape index (κ3) is 2.98. The van der Waals surface area contributed by atoms with Gasteiger partial charge in [-0.15, -0.1) is 6.58 Å². The molecule has 1 fully saturated rings. The predicted molar refractivity (Wildman–Crippen MR) is 103 cm³/mol. The maximum Gasteiger partial charge on any atom is 0.167 e. The van der Waals surface area contributed by atoms with Crippen LogP contribution in [0.15, 0.2) is 66.8 Å². The van der Waals surface area contributed by atoms with E-state index >= 15 is 0 Å². The highest BCUT2D eigenvalue weighted by Crippen LogP contribution is 2.38. The molecule has 2 nitrogen and oxygen atoms in total. The van der Waals surface area contributed by atoms with Crippen LogP contribution in [0.1, 0.15) is 39.9 Å². The number of ketones is 1. The van der Waals surface area contributed by atoms with Crippen molar-refractivity contribution in [3.8, 4) is 0 Å². The van der Waals surface area contributed by atoms with E-state index in [0.717, 1.165) is 49.2 Å². The SMILES string of the molecule is C=CCN1CCC(=C2c3ccccc3CC(=O)c3ccccc32)CC1. The van der Waals surface area contributed by atoms with Crippen LogP contribution in [0.25, 0.3) is 5.57 Å². The molecule has 4 rings (SSSR count). The number of hydrogen-bond acceptors (Lipinski definition) is 2. The van der Waals surface area contributed by atoms with E-state index < -0.39 is 0 Å². The second-order valence-electron chi connectivity index (χ2n) is 6.87. The Kier molecular flexibility index (Phi) is 4.37. The lowest BCUT2D eigenvalue weighted by Gasteiger charge is -2.29. The number of hydrogen-bond donors (Lipinski definition) is 0. The van der Waals surface area contributed by atoms with E-state index in [4.69, 9.17) is 0 Å². The second kappa shape index (κ2) is 6.81. The van der Waals surface area contributed by atoms with Crippen molar-refractivity contribution in [2.24, 2.45) is 0 Å². The summed E-state index contributed by atoms with van der Waals surface area (Å²) in [6.45, 7) is 6.92. The maximum atomic E-state index is 12.8. The summed E-state index contributed by atoms with van der Waals surface area (Å²) >= 11 is 0. The van der Waals surface area contributed by atoms with Gasteiger partial charge >= 0.3 is 0 Å². The van der Waals surface area contributed by atoms with Gasteiger partial charge in [-0.1, -0.05) is 60.2 Å². The highest BCUT2D eigenvalue weighted by molar-refractivity contribution is 6.06. The van der Waals surface area contributed by atoms with E-state index in [9.17, 15) is 4.79 Å². The average molecular weight is 329 g/mol. The van der Waals surface area contributed by atoms with Crippen LogP contribution in [0, 0.1) is 0 Å². The lowest BCUT2D eigenvalue weighted by molar-refractivity contribution is 0.0993. The van der Waals surface area contributed by atoms with Gasteiger partial charge in [-0.3, -0.25) is 9.69 Å². The lowest BCUT2D eigenvalue weighted by atomic mass is 9.86. The summed E-state index contributed by atoms with van der Waals surface area (Å²) in [5.74, 6) is 0.225. The molecule has 0 unspecified atom stereocenters. The largest absolute Gasteiger partial charge is 0.299 e. The van der Waals surface area contributed by atoms with E-state index in [1.165, 1.54) is 16.7 Å². The zero-order valence-corrected chi connectivity index (χ0v) is 14.5. The Balaban J connectivity index is 1.86. The minimum absolute atomic E-state index is 0.225. The highest BCUT2D eigenvalue weighted by atomic mass is 16.1. The summed E-state index contributed by atoms with van der Waals surface area (Å²) in [5, 5.41) is 0. The summed E-state index contributed by atoms with van der Waals surface area (Å²) in [6.07, 6.45) is 4.58. The van der Waals surface area contributed by atoms with Crippen molar-refractivity contribution in [2.75, 3.05) is 19.6 Å². The number of carbonyl (C=O) groups is 1. The molecule has 25 heavy (non-hydrogen) atoms. The smallest absolute Gasteiger partial charge is 0.167 e. The summed E-state index contributed by atoms with van der Waals surface area (Å²) in [5.41, 5.74) is 7.16. The Labute approximate surface area is 149 Å². The molecule has 0 bridgehead atoms. The van der Waals surface area contributed by atoms with Crippen LogP contribution in [0.2, 0.25) is 0 Å². The quantitative estimate of drug-likeness (QED) is 0.756. The first-order chi connectivity index (χ1) is 12.3. The fraction of sp³-hybridized carbons (Fsp3) is 0.261. The van der Waals surface area contributed by atoms with Crippen molar-refractivity contribution in [3.05, 3.63) is 89.0 Å². The van der Waals surface area contributed by atoms with Crippen LogP contribution in [0.5, 0.6) is 0 Å². The van der Waals surface area contributed by atoms with E-state index in [1.807, 2.05) is 30.3 Å². The Morgan fingerprint density at radius 2 is 1.56 bits per heavy atom. The number of likely N-dealkylation sites (tertiary alicyclic amines) is 1. The molecular weight excluding hydrogens is 306 g/mol. The van der Waals surface area contributed by atoms with Crippen LogP contribution in [-0.4, -0.2) is 30.3 Å². The average Bonchev–Trinajstić information content (AvgIpc) is 2.77. The Morgan fingerprint density at radius 1 is 0.920 bits per heavy atom. The van der Waals surface area contributed by atoms with Gasteiger partial charge in [0.15, 0.2) is 5.78 Å².